The molecular formula is C25H24N6O5S. The Morgan fingerprint density at radius 1 is 0.973 bits per heavy atom. The zero-order valence-corrected chi connectivity index (χ0v) is 20.9. The fourth-order valence-electron chi connectivity index (χ4n) is 3.78. The minimum Gasteiger partial charge on any atom is -0.497 e. The van der Waals surface area contributed by atoms with E-state index in [9.17, 15) is 8.42 Å². The van der Waals surface area contributed by atoms with Gasteiger partial charge in [-0.2, -0.15) is 4.98 Å². The lowest BCUT2D eigenvalue weighted by atomic mass is 10.1. The first-order valence-corrected chi connectivity index (χ1v) is 12.8. The van der Waals surface area contributed by atoms with Crippen LogP contribution in [-0.4, -0.2) is 55.1 Å². The SMILES string of the molecule is COc1ccc(S(=O)(=O)NCCNc2nccc(-c3c(-c4cccc(OC)c4)nc4occn34)n2)cc1. The molecule has 190 valence electrons. The lowest BCUT2D eigenvalue weighted by Crippen LogP contribution is -2.29. The van der Waals surface area contributed by atoms with E-state index >= 15 is 0 Å². The molecule has 0 aliphatic carbocycles. The normalized spacial score (nSPS) is 11.5. The van der Waals surface area contributed by atoms with Gasteiger partial charge in [0.25, 0.3) is 0 Å². The first-order chi connectivity index (χ1) is 18.0. The van der Waals surface area contributed by atoms with E-state index in [-0.39, 0.29) is 18.0 Å². The van der Waals surface area contributed by atoms with Crippen LogP contribution in [0.5, 0.6) is 11.5 Å². The van der Waals surface area contributed by atoms with Crippen LogP contribution in [0.1, 0.15) is 0 Å². The minimum absolute atomic E-state index is 0.135. The summed E-state index contributed by atoms with van der Waals surface area (Å²) in [5, 5.41) is 3.07. The maximum Gasteiger partial charge on any atom is 0.306 e. The van der Waals surface area contributed by atoms with Gasteiger partial charge >= 0.3 is 5.84 Å². The zero-order valence-electron chi connectivity index (χ0n) is 20.1. The van der Waals surface area contributed by atoms with Crippen molar-refractivity contribution in [2.75, 3.05) is 32.6 Å². The summed E-state index contributed by atoms with van der Waals surface area (Å²) in [5.74, 6) is 2.05. The molecule has 2 N–H and O–H groups in total. The largest absolute Gasteiger partial charge is 0.497 e. The molecule has 0 radical (unpaired) electrons. The molecule has 3 heterocycles. The summed E-state index contributed by atoms with van der Waals surface area (Å²) >= 11 is 0. The summed E-state index contributed by atoms with van der Waals surface area (Å²) in [6.07, 6.45) is 4.95. The molecule has 0 aliphatic heterocycles. The Labute approximate surface area is 213 Å². The number of hydrogen-bond donors (Lipinski definition) is 2. The van der Waals surface area contributed by atoms with Crippen LogP contribution in [0.3, 0.4) is 0 Å². The van der Waals surface area contributed by atoms with Crippen molar-refractivity contribution in [2.24, 2.45) is 0 Å². The van der Waals surface area contributed by atoms with Gasteiger partial charge in [0.15, 0.2) is 0 Å². The quantitative estimate of drug-likeness (QED) is 0.266. The Kier molecular flexibility index (Phi) is 6.75. The molecule has 0 fully saturated rings. The number of ether oxygens (including phenoxy) is 2. The van der Waals surface area contributed by atoms with E-state index in [0.29, 0.717) is 34.7 Å². The number of benzene rings is 2. The summed E-state index contributed by atoms with van der Waals surface area (Å²) < 4.78 is 45.4. The molecule has 5 rings (SSSR count). The number of nitrogens with zero attached hydrogens (tertiary/aromatic N) is 4. The lowest BCUT2D eigenvalue weighted by molar-refractivity contribution is 0.414. The number of rotatable bonds is 10. The first-order valence-electron chi connectivity index (χ1n) is 11.3. The van der Waals surface area contributed by atoms with Crippen molar-refractivity contribution in [3.05, 3.63) is 73.3 Å². The molecule has 2 aromatic carbocycles. The average molecular weight is 521 g/mol. The predicted octanol–water partition coefficient (Wildman–Crippen LogP) is 3.46. The highest BCUT2D eigenvalue weighted by atomic mass is 32.2. The summed E-state index contributed by atoms with van der Waals surface area (Å²) in [4.78, 5) is 13.7. The van der Waals surface area contributed by atoms with Crippen LogP contribution in [0.25, 0.3) is 28.5 Å². The monoisotopic (exact) mass is 520 g/mol. The lowest BCUT2D eigenvalue weighted by Gasteiger charge is -2.10. The van der Waals surface area contributed by atoms with Crippen LogP contribution in [0.15, 0.2) is 82.6 Å². The molecule has 12 heteroatoms. The van der Waals surface area contributed by atoms with Gasteiger partial charge in [-0.25, -0.2) is 23.1 Å². The minimum atomic E-state index is -3.66. The molecule has 0 saturated heterocycles. The van der Waals surface area contributed by atoms with Crippen LogP contribution in [0, 0.1) is 0 Å². The molecule has 0 aliphatic rings. The van der Waals surface area contributed by atoms with E-state index in [2.05, 4.69) is 25.0 Å². The van der Waals surface area contributed by atoms with Crippen molar-refractivity contribution in [2.45, 2.75) is 4.90 Å². The number of sulfonamides is 1. The Balaban J connectivity index is 1.33. The predicted molar refractivity (Wildman–Crippen MR) is 137 cm³/mol. The highest BCUT2D eigenvalue weighted by Gasteiger charge is 2.20. The Morgan fingerprint density at radius 2 is 1.78 bits per heavy atom. The third kappa shape index (κ3) is 5.10. The molecule has 0 bridgehead atoms. The number of aromatic nitrogens is 4. The van der Waals surface area contributed by atoms with Crippen molar-refractivity contribution >= 4 is 21.8 Å². The van der Waals surface area contributed by atoms with Gasteiger partial charge in [0.05, 0.1) is 24.8 Å². The van der Waals surface area contributed by atoms with Crippen LogP contribution >= 0.6 is 0 Å². The van der Waals surface area contributed by atoms with E-state index in [1.165, 1.54) is 19.2 Å². The maximum absolute atomic E-state index is 12.5. The molecule has 11 nitrogen and oxygen atoms in total. The Hall–Kier alpha value is -4.42. The summed E-state index contributed by atoms with van der Waals surface area (Å²) in [5.41, 5.74) is 2.86. The van der Waals surface area contributed by atoms with Gasteiger partial charge in [0.2, 0.25) is 16.0 Å². The number of hydrogen-bond acceptors (Lipinski definition) is 9. The van der Waals surface area contributed by atoms with Crippen molar-refractivity contribution < 1.29 is 22.3 Å². The van der Waals surface area contributed by atoms with E-state index in [1.54, 1.807) is 44.0 Å². The standard InChI is InChI=1S/C25H24N6O5S/c1-34-18-6-8-20(9-7-18)37(32,33)28-13-12-27-24-26-11-10-21(29-24)23-22(30-25-31(23)14-15-36-25)17-4-3-5-19(16-17)35-2/h3-11,14-16,28H,12-13H2,1-2H3,(H,26,27,29). The first kappa shape index (κ1) is 24.3. The molecule has 0 saturated carbocycles. The smallest absolute Gasteiger partial charge is 0.306 e. The van der Waals surface area contributed by atoms with Gasteiger partial charge < -0.3 is 19.2 Å². The molecule has 0 amide bonds. The molecule has 5 aromatic rings. The third-order valence-electron chi connectivity index (χ3n) is 5.57. The van der Waals surface area contributed by atoms with E-state index in [1.807, 2.05) is 28.7 Å². The van der Waals surface area contributed by atoms with E-state index in [4.69, 9.17) is 13.9 Å². The topological polar surface area (TPSA) is 133 Å². The van der Waals surface area contributed by atoms with Gasteiger partial charge in [0.1, 0.15) is 29.2 Å². The van der Waals surface area contributed by atoms with Gasteiger partial charge in [0, 0.05) is 31.0 Å². The summed E-state index contributed by atoms with van der Waals surface area (Å²) in [6.45, 7) is 0.408. The van der Waals surface area contributed by atoms with Crippen molar-refractivity contribution in [3.63, 3.8) is 0 Å². The van der Waals surface area contributed by atoms with Crippen molar-refractivity contribution in [1.82, 2.24) is 24.1 Å². The number of nitrogens with one attached hydrogen (secondary N) is 2. The molecule has 0 unspecified atom stereocenters. The van der Waals surface area contributed by atoms with Crippen LogP contribution in [-0.2, 0) is 10.0 Å². The van der Waals surface area contributed by atoms with Crippen LogP contribution < -0.4 is 19.5 Å². The highest BCUT2D eigenvalue weighted by Crippen LogP contribution is 2.33. The van der Waals surface area contributed by atoms with Crippen LogP contribution in [0.4, 0.5) is 5.95 Å². The maximum atomic E-state index is 12.5. The van der Waals surface area contributed by atoms with E-state index in [0.717, 1.165) is 11.3 Å². The number of imidazole rings is 1. The van der Waals surface area contributed by atoms with Gasteiger partial charge in [-0.15, -0.1) is 0 Å². The summed E-state index contributed by atoms with van der Waals surface area (Å²) in [6, 6.07) is 15.5. The fourth-order valence-corrected chi connectivity index (χ4v) is 4.81. The fraction of sp³-hybridized carbons (Fsp3) is 0.160. The number of methoxy groups -OCH3 is 2. The van der Waals surface area contributed by atoms with Gasteiger partial charge in [-0.05, 0) is 42.5 Å². The second-order valence-corrected chi connectivity index (χ2v) is 9.63. The molecule has 0 spiro atoms. The van der Waals surface area contributed by atoms with Gasteiger partial charge in [-0.1, -0.05) is 12.1 Å². The molecular weight excluding hydrogens is 496 g/mol. The Morgan fingerprint density at radius 3 is 2.57 bits per heavy atom. The van der Waals surface area contributed by atoms with Crippen molar-refractivity contribution in [1.29, 1.82) is 0 Å². The number of anilines is 1. The second kappa shape index (κ2) is 10.3. The average Bonchev–Trinajstić information content (AvgIpc) is 3.53. The number of oxazole rings is 1. The highest BCUT2D eigenvalue weighted by molar-refractivity contribution is 7.89. The molecule has 0 atom stereocenters. The molecule has 3 aromatic heterocycles. The van der Waals surface area contributed by atoms with Gasteiger partial charge in [-0.3, -0.25) is 4.40 Å². The second-order valence-electron chi connectivity index (χ2n) is 7.86. The van der Waals surface area contributed by atoms with Crippen molar-refractivity contribution in [3.8, 4) is 34.1 Å². The van der Waals surface area contributed by atoms with Crippen LogP contribution in [0.2, 0.25) is 0 Å². The molecule has 37 heavy (non-hydrogen) atoms. The zero-order chi connectivity index (χ0) is 25.8. The third-order valence-corrected chi connectivity index (χ3v) is 7.05. The number of fused-ring (bicyclic) bond motifs is 1. The van der Waals surface area contributed by atoms with E-state index < -0.39 is 10.0 Å². The Bertz CT molecular complexity index is 1630. The summed E-state index contributed by atoms with van der Waals surface area (Å²) in [7, 11) is -0.530.